The van der Waals surface area contributed by atoms with Gasteiger partial charge in [0.1, 0.15) is 6.61 Å². The van der Waals surface area contributed by atoms with Gasteiger partial charge < -0.3 is 10.5 Å². The zero-order chi connectivity index (χ0) is 7.07. The van der Waals surface area contributed by atoms with Crippen molar-refractivity contribution in [3.05, 3.63) is 0 Å². The molecule has 1 saturated heterocycles. The van der Waals surface area contributed by atoms with E-state index in [1.54, 1.807) is 0 Å². The number of ether oxygens (including phenoxy) is 1. The van der Waals surface area contributed by atoms with Crippen LogP contribution in [-0.4, -0.2) is 18.1 Å². The zero-order valence-electron chi connectivity index (χ0n) is 5.68. The van der Waals surface area contributed by atoms with Crippen LogP contribution in [0.15, 0.2) is 0 Å². The molecule has 0 unspecified atom stereocenters. The van der Waals surface area contributed by atoms with E-state index >= 15 is 0 Å². The normalized spacial score (nSPS) is 34.0. The van der Waals surface area contributed by atoms with Gasteiger partial charge in [-0.3, -0.25) is 0 Å². The van der Waals surface area contributed by atoms with Crippen molar-refractivity contribution in [1.29, 1.82) is 0 Å². The van der Waals surface area contributed by atoms with Gasteiger partial charge in [0.15, 0.2) is 5.54 Å². The van der Waals surface area contributed by atoms with Crippen LogP contribution < -0.4 is 5.73 Å². The first-order valence-corrected chi connectivity index (χ1v) is 3.03. The number of esters is 1. The predicted octanol–water partition coefficient (Wildman–Crippen LogP) is -0.103. The van der Waals surface area contributed by atoms with Gasteiger partial charge in [0.2, 0.25) is 0 Å². The molecule has 9 heavy (non-hydrogen) atoms. The molecule has 1 aliphatic rings. The van der Waals surface area contributed by atoms with Gasteiger partial charge in [-0.15, -0.1) is 0 Å². The van der Waals surface area contributed by atoms with Crippen LogP contribution in [0.2, 0.25) is 0 Å². The first kappa shape index (κ1) is 6.55. The van der Waals surface area contributed by atoms with E-state index in [1.165, 1.54) is 0 Å². The van der Waals surface area contributed by atoms with Gasteiger partial charge in [-0.05, 0) is 5.92 Å². The fourth-order valence-electron chi connectivity index (χ4n) is 0.700. The van der Waals surface area contributed by atoms with Gasteiger partial charge in [0.05, 0.1) is 0 Å². The van der Waals surface area contributed by atoms with Gasteiger partial charge in [0.25, 0.3) is 0 Å². The lowest BCUT2D eigenvalue weighted by atomic mass is 9.85. The molecule has 0 radical (unpaired) electrons. The number of hydrogen-bond acceptors (Lipinski definition) is 3. The summed E-state index contributed by atoms with van der Waals surface area (Å²) >= 11 is 0. The van der Waals surface area contributed by atoms with E-state index in [1.807, 2.05) is 13.8 Å². The Kier molecular flexibility index (Phi) is 1.24. The molecule has 0 aromatic heterocycles. The number of carbonyl (C=O) groups is 1. The fraction of sp³-hybridized carbons (Fsp3) is 0.833. The third-order valence-electron chi connectivity index (χ3n) is 1.85. The lowest BCUT2D eigenvalue weighted by Crippen LogP contribution is -2.65. The van der Waals surface area contributed by atoms with E-state index < -0.39 is 5.54 Å². The van der Waals surface area contributed by atoms with Crippen molar-refractivity contribution in [3.8, 4) is 0 Å². The maximum atomic E-state index is 10.6. The quantitative estimate of drug-likeness (QED) is 0.503. The smallest absolute Gasteiger partial charge is 0.330 e. The third-order valence-corrected chi connectivity index (χ3v) is 1.85. The molecule has 3 heteroatoms. The van der Waals surface area contributed by atoms with Gasteiger partial charge in [-0.2, -0.15) is 0 Å². The third kappa shape index (κ3) is 0.721. The second-order valence-corrected chi connectivity index (χ2v) is 2.77. The van der Waals surface area contributed by atoms with E-state index in [-0.39, 0.29) is 11.9 Å². The van der Waals surface area contributed by atoms with Crippen LogP contribution in [0.1, 0.15) is 13.8 Å². The molecular weight excluding hydrogens is 118 g/mol. The molecule has 1 rings (SSSR count). The van der Waals surface area contributed by atoms with E-state index in [9.17, 15) is 4.79 Å². The highest BCUT2D eigenvalue weighted by Gasteiger charge is 2.48. The minimum Gasteiger partial charge on any atom is -0.462 e. The molecule has 1 atom stereocenters. The molecule has 0 aromatic rings. The average Bonchev–Trinajstić information content (AvgIpc) is 1.82. The molecule has 3 nitrogen and oxygen atoms in total. The molecule has 1 fully saturated rings. The number of carbonyl (C=O) groups excluding carboxylic acids is 1. The summed E-state index contributed by atoms with van der Waals surface area (Å²) in [4.78, 5) is 10.6. The van der Waals surface area contributed by atoms with Crippen LogP contribution in [0.3, 0.4) is 0 Å². The van der Waals surface area contributed by atoms with Crippen LogP contribution in [-0.2, 0) is 9.53 Å². The van der Waals surface area contributed by atoms with Crippen LogP contribution in [0.25, 0.3) is 0 Å². The Bertz CT molecular complexity index is 144. The van der Waals surface area contributed by atoms with Crippen LogP contribution in [0, 0.1) is 5.92 Å². The van der Waals surface area contributed by atoms with Crippen molar-refractivity contribution in [2.75, 3.05) is 6.61 Å². The Hall–Kier alpha value is -0.570. The lowest BCUT2D eigenvalue weighted by Gasteiger charge is -2.38. The number of hydrogen-bond donors (Lipinski definition) is 1. The number of rotatable bonds is 1. The van der Waals surface area contributed by atoms with Gasteiger partial charge in [0, 0.05) is 0 Å². The minimum atomic E-state index is -0.681. The van der Waals surface area contributed by atoms with Crippen LogP contribution in [0.4, 0.5) is 0 Å². The van der Waals surface area contributed by atoms with Gasteiger partial charge in [-0.25, -0.2) is 4.79 Å². The van der Waals surface area contributed by atoms with Crippen LogP contribution >= 0.6 is 0 Å². The van der Waals surface area contributed by atoms with Crippen molar-refractivity contribution in [2.24, 2.45) is 11.7 Å². The molecule has 0 aromatic carbocycles. The topological polar surface area (TPSA) is 52.3 Å². The highest BCUT2D eigenvalue weighted by Crippen LogP contribution is 2.23. The van der Waals surface area contributed by atoms with Gasteiger partial charge in [-0.1, -0.05) is 13.8 Å². The van der Waals surface area contributed by atoms with E-state index in [2.05, 4.69) is 4.74 Å². The summed E-state index contributed by atoms with van der Waals surface area (Å²) in [6.07, 6.45) is 0. The summed E-state index contributed by atoms with van der Waals surface area (Å²) in [5.41, 5.74) is 4.93. The predicted molar refractivity (Wildman–Crippen MR) is 32.7 cm³/mol. The molecular formula is C6H11NO2. The second kappa shape index (κ2) is 1.70. The first-order valence-electron chi connectivity index (χ1n) is 3.03. The summed E-state index contributed by atoms with van der Waals surface area (Å²) in [5, 5.41) is 0. The van der Waals surface area contributed by atoms with Crippen molar-refractivity contribution >= 4 is 5.97 Å². The molecule has 0 spiro atoms. The zero-order valence-corrected chi connectivity index (χ0v) is 5.68. The Labute approximate surface area is 54.2 Å². The molecule has 0 amide bonds. The number of nitrogens with two attached hydrogens (primary N) is 1. The van der Waals surface area contributed by atoms with Crippen molar-refractivity contribution < 1.29 is 9.53 Å². The average molecular weight is 129 g/mol. The summed E-state index contributed by atoms with van der Waals surface area (Å²) in [6, 6.07) is 0. The monoisotopic (exact) mass is 129 g/mol. The molecule has 1 aliphatic heterocycles. The Balaban J connectivity index is 2.64. The molecule has 0 bridgehead atoms. The first-order chi connectivity index (χ1) is 4.07. The van der Waals surface area contributed by atoms with E-state index in [0.29, 0.717) is 6.61 Å². The van der Waals surface area contributed by atoms with Crippen LogP contribution in [0.5, 0.6) is 0 Å². The summed E-state index contributed by atoms with van der Waals surface area (Å²) in [5.74, 6) is -0.0868. The molecule has 2 N–H and O–H groups in total. The number of cyclic esters (lactones) is 1. The molecule has 1 heterocycles. The Morgan fingerprint density at radius 3 is 2.33 bits per heavy atom. The highest BCUT2D eigenvalue weighted by atomic mass is 16.6. The molecule has 0 saturated carbocycles. The molecule has 52 valence electrons. The second-order valence-electron chi connectivity index (χ2n) is 2.77. The maximum Gasteiger partial charge on any atom is 0.330 e. The summed E-state index contributed by atoms with van der Waals surface area (Å²) < 4.78 is 4.54. The fourth-order valence-corrected chi connectivity index (χ4v) is 0.700. The minimum absolute atomic E-state index is 0.179. The highest BCUT2D eigenvalue weighted by molar-refractivity contribution is 5.86. The van der Waals surface area contributed by atoms with E-state index in [4.69, 9.17) is 5.73 Å². The maximum absolute atomic E-state index is 10.6. The standard InChI is InChI=1S/C6H11NO2/c1-4(2)6(7)3-9-5(6)8/h4H,3,7H2,1-2H3/t6-/m1/s1. The van der Waals surface area contributed by atoms with Crippen molar-refractivity contribution in [2.45, 2.75) is 19.4 Å². The van der Waals surface area contributed by atoms with Crippen molar-refractivity contribution in [1.82, 2.24) is 0 Å². The summed E-state index contributed by atoms with van der Waals surface area (Å²) in [7, 11) is 0. The largest absolute Gasteiger partial charge is 0.462 e. The molecule has 0 aliphatic carbocycles. The summed E-state index contributed by atoms with van der Waals surface area (Å²) in [6.45, 7) is 4.21. The SMILES string of the molecule is CC(C)[C@]1(N)COC1=O. The Morgan fingerprint density at radius 2 is 2.33 bits per heavy atom. The van der Waals surface area contributed by atoms with Crippen molar-refractivity contribution in [3.63, 3.8) is 0 Å². The van der Waals surface area contributed by atoms with E-state index in [0.717, 1.165) is 0 Å². The van der Waals surface area contributed by atoms with Gasteiger partial charge >= 0.3 is 5.97 Å². The lowest BCUT2D eigenvalue weighted by molar-refractivity contribution is -0.176. The Morgan fingerprint density at radius 1 is 1.78 bits per heavy atom.